The molecule has 0 aliphatic heterocycles. The molecule has 2 nitrogen and oxygen atoms in total. The highest BCUT2D eigenvalue weighted by atomic mass is 35.5. The van der Waals surface area contributed by atoms with Gasteiger partial charge < -0.3 is 16.9 Å². The van der Waals surface area contributed by atoms with Gasteiger partial charge >= 0.3 is 0 Å². The minimum Gasteiger partial charge on any atom is -1.00 e. The minimum absolute atomic E-state index is 0. The Labute approximate surface area is 85.2 Å². The first-order valence-electron chi connectivity index (χ1n) is 3.55. The number of quaternary nitrogens is 1. The lowest BCUT2D eigenvalue weighted by atomic mass is 10.3. The van der Waals surface area contributed by atoms with Crippen LogP contribution in [0.5, 0.6) is 0 Å². The van der Waals surface area contributed by atoms with Gasteiger partial charge in [-0.25, -0.2) is 0 Å². The van der Waals surface area contributed by atoms with Gasteiger partial charge in [0.1, 0.15) is 6.54 Å². The van der Waals surface area contributed by atoms with Crippen molar-refractivity contribution in [3.63, 3.8) is 0 Å². The highest BCUT2D eigenvalue weighted by molar-refractivity contribution is 6.17. The van der Waals surface area contributed by atoms with Crippen LogP contribution in [-0.4, -0.2) is 43.3 Å². The van der Waals surface area contributed by atoms with E-state index in [9.17, 15) is 4.79 Å². The number of alkyl halides is 1. The first-order valence-corrected chi connectivity index (χ1v) is 4.08. The van der Waals surface area contributed by atoms with E-state index in [2.05, 4.69) is 6.58 Å². The van der Waals surface area contributed by atoms with Crippen molar-refractivity contribution in [2.45, 2.75) is 0 Å². The molecule has 0 amide bonds. The van der Waals surface area contributed by atoms with Crippen LogP contribution in [0.1, 0.15) is 0 Å². The zero-order valence-corrected chi connectivity index (χ0v) is 9.03. The maximum Gasteiger partial charge on any atom is 0.209 e. The SMILES string of the molecule is C=CC(=O)C[N+](C)(C)CCCl.[Cl-]. The van der Waals surface area contributed by atoms with Crippen LogP contribution in [0.2, 0.25) is 0 Å². The molecule has 0 unspecified atom stereocenters. The molecule has 0 saturated carbocycles. The Morgan fingerprint density at radius 1 is 1.58 bits per heavy atom. The second-order valence-corrected chi connectivity index (χ2v) is 3.55. The topological polar surface area (TPSA) is 17.1 Å². The van der Waals surface area contributed by atoms with Crippen molar-refractivity contribution in [1.82, 2.24) is 0 Å². The molecule has 12 heavy (non-hydrogen) atoms. The van der Waals surface area contributed by atoms with Gasteiger partial charge in [0.2, 0.25) is 5.78 Å². The molecule has 0 atom stereocenters. The summed E-state index contributed by atoms with van der Waals surface area (Å²) in [6.07, 6.45) is 1.36. The van der Waals surface area contributed by atoms with Crippen molar-refractivity contribution >= 4 is 17.4 Å². The quantitative estimate of drug-likeness (QED) is 0.294. The van der Waals surface area contributed by atoms with E-state index >= 15 is 0 Å². The van der Waals surface area contributed by atoms with Crippen LogP contribution in [0.15, 0.2) is 12.7 Å². The van der Waals surface area contributed by atoms with E-state index in [4.69, 9.17) is 11.6 Å². The number of hydrogen-bond acceptors (Lipinski definition) is 1. The molecule has 0 saturated heterocycles. The molecular formula is C8H15Cl2NO. The second-order valence-electron chi connectivity index (χ2n) is 3.18. The summed E-state index contributed by atoms with van der Waals surface area (Å²) in [4.78, 5) is 10.9. The monoisotopic (exact) mass is 211 g/mol. The average Bonchev–Trinajstić information content (AvgIpc) is 1.86. The lowest BCUT2D eigenvalue weighted by Gasteiger charge is -2.27. The number of carbonyl (C=O) groups is 1. The minimum atomic E-state index is 0. The van der Waals surface area contributed by atoms with Crippen molar-refractivity contribution in [1.29, 1.82) is 0 Å². The predicted octanol–water partition coefficient (Wildman–Crippen LogP) is -1.94. The van der Waals surface area contributed by atoms with Crippen molar-refractivity contribution in [2.24, 2.45) is 0 Å². The van der Waals surface area contributed by atoms with Crippen LogP contribution in [0, 0.1) is 0 Å². The standard InChI is InChI=1S/C8H15ClNO.ClH/c1-4-8(11)7-10(2,3)6-5-9;/h4H,1,5-7H2,2-3H3;1H/q+1;/p-1. The molecule has 0 heterocycles. The third-order valence-electron chi connectivity index (χ3n) is 1.50. The van der Waals surface area contributed by atoms with Crippen LogP contribution in [-0.2, 0) is 4.79 Å². The van der Waals surface area contributed by atoms with Gasteiger partial charge in [-0.3, -0.25) is 4.79 Å². The maximum absolute atomic E-state index is 10.9. The third-order valence-corrected chi connectivity index (χ3v) is 1.67. The molecule has 0 rings (SSSR count). The molecule has 72 valence electrons. The van der Waals surface area contributed by atoms with Gasteiger partial charge in [-0.1, -0.05) is 6.58 Å². The summed E-state index contributed by atoms with van der Waals surface area (Å²) in [5.41, 5.74) is 0. The Balaban J connectivity index is 0. The maximum atomic E-state index is 10.9. The predicted molar refractivity (Wildman–Crippen MR) is 47.8 cm³/mol. The Morgan fingerprint density at radius 2 is 2.08 bits per heavy atom. The number of likely N-dealkylation sites (N-methyl/N-ethyl adjacent to an activating group) is 1. The van der Waals surface area contributed by atoms with E-state index < -0.39 is 0 Å². The van der Waals surface area contributed by atoms with Gasteiger partial charge in [-0.15, -0.1) is 11.6 Å². The molecule has 0 aliphatic rings. The van der Waals surface area contributed by atoms with Gasteiger partial charge in [0, 0.05) is 0 Å². The molecule has 0 spiro atoms. The van der Waals surface area contributed by atoms with Crippen molar-refractivity contribution in [2.75, 3.05) is 33.1 Å². The van der Waals surface area contributed by atoms with Crippen molar-refractivity contribution in [3.8, 4) is 0 Å². The van der Waals surface area contributed by atoms with Gasteiger partial charge in [0.25, 0.3) is 0 Å². The summed E-state index contributed by atoms with van der Waals surface area (Å²) < 4.78 is 0.633. The molecule has 4 heteroatoms. The number of carbonyl (C=O) groups excluding carboxylic acids is 1. The van der Waals surface area contributed by atoms with Gasteiger partial charge in [-0.2, -0.15) is 0 Å². The van der Waals surface area contributed by atoms with Crippen molar-refractivity contribution < 1.29 is 21.7 Å². The molecule has 0 aromatic rings. The summed E-state index contributed by atoms with van der Waals surface area (Å²) in [6.45, 7) is 4.70. The summed E-state index contributed by atoms with van der Waals surface area (Å²) in [6, 6.07) is 0. The number of rotatable bonds is 5. The lowest BCUT2D eigenvalue weighted by molar-refractivity contribution is -0.879. The van der Waals surface area contributed by atoms with Crippen LogP contribution in [0.25, 0.3) is 0 Å². The van der Waals surface area contributed by atoms with Gasteiger partial charge in [0.05, 0.1) is 26.5 Å². The zero-order chi connectivity index (χ0) is 8.91. The number of halogens is 2. The van der Waals surface area contributed by atoms with E-state index in [-0.39, 0.29) is 18.2 Å². The van der Waals surface area contributed by atoms with E-state index in [0.717, 1.165) is 6.54 Å². The molecule has 0 aliphatic carbocycles. The Bertz CT molecular complexity index is 157. The highest BCUT2D eigenvalue weighted by Gasteiger charge is 2.16. The van der Waals surface area contributed by atoms with Gasteiger partial charge in [-0.05, 0) is 6.08 Å². The van der Waals surface area contributed by atoms with Gasteiger partial charge in [0.15, 0.2) is 0 Å². The molecule has 0 aromatic heterocycles. The van der Waals surface area contributed by atoms with E-state index in [0.29, 0.717) is 16.9 Å². The molecule has 0 fully saturated rings. The van der Waals surface area contributed by atoms with Crippen LogP contribution in [0.4, 0.5) is 0 Å². The molecule has 0 radical (unpaired) electrons. The number of ketones is 1. The molecule has 0 N–H and O–H groups in total. The zero-order valence-electron chi connectivity index (χ0n) is 7.52. The molecule has 0 bridgehead atoms. The molecule has 0 aromatic carbocycles. The Kier molecular flexibility index (Phi) is 7.80. The average molecular weight is 212 g/mol. The first-order chi connectivity index (χ1) is 5.02. The highest BCUT2D eigenvalue weighted by Crippen LogP contribution is 1.97. The largest absolute Gasteiger partial charge is 1.00 e. The summed E-state index contributed by atoms with van der Waals surface area (Å²) in [7, 11) is 3.95. The lowest BCUT2D eigenvalue weighted by Crippen LogP contribution is -3.00. The summed E-state index contributed by atoms with van der Waals surface area (Å²) in [5.74, 6) is 0.650. The summed E-state index contributed by atoms with van der Waals surface area (Å²) in [5, 5.41) is 0. The first kappa shape index (κ1) is 14.5. The Hall–Kier alpha value is -0.0500. The number of hydrogen-bond donors (Lipinski definition) is 0. The van der Waals surface area contributed by atoms with Crippen LogP contribution >= 0.6 is 11.6 Å². The van der Waals surface area contributed by atoms with Crippen LogP contribution in [0.3, 0.4) is 0 Å². The Morgan fingerprint density at radius 3 is 2.42 bits per heavy atom. The smallest absolute Gasteiger partial charge is 0.209 e. The van der Waals surface area contributed by atoms with E-state index in [1.54, 1.807) is 0 Å². The fourth-order valence-corrected chi connectivity index (χ4v) is 1.25. The van der Waals surface area contributed by atoms with Crippen molar-refractivity contribution in [3.05, 3.63) is 12.7 Å². The fraction of sp³-hybridized carbons (Fsp3) is 0.625. The third kappa shape index (κ3) is 6.65. The van der Waals surface area contributed by atoms with E-state index in [1.807, 2.05) is 14.1 Å². The number of nitrogens with zero attached hydrogens (tertiary/aromatic N) is 1. The fourth-order valence-electron chi connectivity index (χ4n) is 0.794. The molecular weight excluding hydrogens is 197 g/mol. The normalized spacial score (nSPS) is 10.2. The van der Waals surface area contributed by atoms with Crippen LogP contribution < -0.4 is 12.4 Å². The van der Waals surface area contributed by atoms with E-state index in [1.165, 1.54) is 6.08 Å². The summed E-state index contributed by atoms with van der Waals surface area (Å²) >= 11 is 5.56. The second kappa shape index (κ2) is 6.46.